The molecule has 7 atom stereocenters. The molecule has 0 heterocycles. The van der Waals surface area contributed by atoms with Gasteiger partial charge in [-0.2, -0.15) is 0 Å². The molecule has 4 heteroatoms. The van der Waals surface area contributed by atoms with Gasteiger partial charge in [0.1, 0.15) is 5.60 Å². The molecule has 2 saturated carbocycles. The number of carbonyl (C=O) groups excluding carboxylic acids is 1. The van der Waals surface area contributed by atoms with E-state index < -0.39 is 17.3 Å². The molecule has 3 rings (SSSR count). The van der Waals surface area contributed by atoms with Crippen LogP contribution in [0.1, 0.15) is 60.3 Å². The van der Waals surface area contributed by atoms with Gasteiger partial charge in [-0.15, -0.1) is 0 Å². The number of ketones is 1. The number of aliphatic hydroxyl groups excluding tert-OH is 1. The van der Waals surface area contributed by atoms with Gasteiger partial charge < -0.3 is 15.3 Å². The second-order valence-electron chi connectivity index (χ2n) is 9.52. The Balaban J connectivity index is 2.02. The lowest BCUT2D eigenvalue weighted by molar-refractivity contribution is -0.138. The third-order valence-corrected chi connectivity index (χ3v) is 7.13. The van der Waals surface area contributed by atoms with Gasteiger partial charge in [0.15, 0.2) is 5.78 Å². The zero-order valence-electron chi connectivity index (χ0n) is 15.5. The maximum absolute atomic E-state index is 13.1. The summed E-state index contributed by atoms with van der Waals surface area (Å²) in [6.07, 6.45) is 3.20. The SMILES string of the molecule is C[C@H]1C[C@@H]2[C@H](CC[C@](C)(O)/C=C3\[C@H](O)[C@@H](C)C[C@@]3(O)C1=O)C2(C)C. The largest absolute Gasteiger partial charge is 0.388 e. The molecule has 0 aromatic heterocycles. The van der Waals surface area contributed by atoms with Crippen molar-refractivity contribution in [3.8, 4) is 0 Å². The van der Waals surface area contributed by atoms with Crippen molar-refractivity contribution in [1.29, 1.82) is 0 Å². The molecule has 3 aliphatic carbocycles. The van der Waals surface area contributed by atoms with Crippen LogP contribution < -0.4 is 0 Å². The first-order valence-corrected chi connectivity index (χ1v) is 9.30. The number of hydrogen-bond donors (Lipinski definition) is 3. The van der Waals surface area contributed by atoms with Crippen molar-refractivity contribution in [3.63, 3.8) is 0 Å². The van der Waals surface area contributed by atoms with Gasteiger partial charge in [0.25, 0.3) is 0 Å². The van der Waals surface area contributed by atoms with Gasteiger partial charge in [-0.1, -0.05) is 27.7 Å². The minimum Gasteiger partial charge on any atom is -0.388 e. The molecule has 0 amide bonds. The topological polar surface area (TPSA) is 77.8 Å². The molecular weight excluding hydrogens is 304 g/mol. The van der Waals surface area contributed by atoms with E-state index in [0.717, 1.165) is 12.8 Å². The first-order valence-electron chi connectivity index (χ1n) is 9.30. The molecule has 3 N–H and O–H groups in total. The summed E-state index contributed by atoms with van der Waals surface area (Å²) in [6, 6.07) is 0. The molecule has 0 aromatic rings. The highest BCUT2D eigenvalue weighted by Crippen LogP contribution is 2.63. The quantitative estimate of drug-likeness (QED) is 0.594. The van der Waals surface area contributed by atoms with Gasteiger partial charge in [-0.25, -0.2) is 0 Å². The predicted octanol–water partition coefficient (Wildman–Crippen LogP) is 2.46. The van der Waals surface area contributed by atoms with Gasteiger partial charge in [0.05, 0.1) is 11.7 Å². The van der Waals surface area contributed by atoms with Crippen molar-refractivity contribution in [2.24, 2.45) is 29.1 Å². The molecule has 24 heavy (non-hydrogen) atoms. The molecule has 0 bridgehead atoms. The number of hydrogen-bond acceptors (Lipinski definition) is 4. The van der Waals surface area contributed by atoms with Crippen molar-refractivity contribution < 1.29 is 20.1 Å². The molecule has 0 radical (unpaired) electrons. The highest BCUT2D eigenvalue weighted by molar-refractivity contribution is 5.93. The Morgan fingerprint density at radius 2 is 1.75 bits per heavy atom. The number of aliphatic hydroxyl groups is 3. The summed E-state index contributed by atoms with van der Waals surface area (Å²) < 4.78 is 0. The smallest absolute Gasteiger partial charge is 0.171 e. The minimum absolute atomic E-state index is 0.193. The number of Topliss-reactive ketones (excluding diaryl/α,β-unsaturated/α-hetero) is 1. The highest BCUT2D eigenvalue weighted by Gasteiger charge is 2.59. The van der Waals surface area contributed by atoms with Crippen LogP contribution in [0.15, 0.2) is 11.6 Å². The number of carbonyl (C=O) groups is 1. The van der Waals surface area contributed by atoms with Gasteiger partial charge >= 0.3 is 0 Å². The van der Waals surface area contributed by atoms with Crippen molar-refractivity contribution in [1.82, 2.24) is 0 Å². The number of fused-ring (bicyclic) bond motifs is 2. The molecule has 136 valence electrons. The van der Waals surface area contributed by atoms with Gasteiger partial charge in [-0.05, 0) is 67.4 Å². The predicted molar refractivity (Wildman–Crippen MR) is 92.2 cm³/mol. The van der Waals surface area contributed by atoms with Crippen LogP contribution in [0.3, 0.4) is 0 Å². The summed E-state index contributed by atoms with van der Waals surface area (Å²) in [6.45, 7) is 9.92. The Labute approximate surface area is 145 Å². The Bertz CT molecular complexity index is 576. The Morgan fingerprint density at radius 3 is 2.38 bits per heavy atom. The van der Waals surface area contributed by atoms with E-state index in [1.54, 1.807) is 13.0 Å². The molecule has 0 saturated heterocycles. The zero-order valence-corrected chi connectivity index (χ0v) is 15.5. The maximum Gasteiger partial charge on any atom is 0.171 e. The maximum atomic E-state index is 13.1. The van der Waals surface area contributed by atoms with Crippen molar-refractivity contribution in [2.75, 3.05) is 0 Å². The summed E-state index contributed by atoms with van der Waals surface area (Å²) in [5.74, 6) is 0.334. The first kappa shape index (κ1) is 18.1. The molecule has 0 aromatic carbocycles. The summed E-state index contributed by atoms with van der Waals surface area (Å²) in [5, 5.41) is 32.5. The molecule has 0 unspecified atom stereocenters. The van der Waals surface area contributed by atoms with Crippen molar-refractivity contribution in [2.45, 2.75) is 77.6 Å². The molecule has 3 aliphatic rings. The fourth-order valence-corrected chi connectivity index (χ4v) is 5.34. The minimum atomic E-state index is -1.64. The van der Waals surface area contributed by atoms with Crippen LogP contribution >= 0.6 is 0 Å². The van der Waals surface area contributed by atoms with Gasteiger partial charge in [-0.3, -0.25) is 4.79 Å². The van der Waals surface area contributed by atoms with E-state index in [2.05, 4.69) is 13.8 Å². The van der Waals surface area contributed by atoms with Crippen LogP contribution in [0.5, 0.6) is 0 Å². The van der Waals surface area contributed by atoms with E-state index in [4.69, 9.17) is 0 Å². The van der Waals surface area contributed by atoms with Crippen LogP contribution in [-0.2, 0) is 4.79 Å². The van der Waals surface area contributed by atoms with E-state index in [9.17, 15) is 20.1 Å². The molecule has 4 nitrogen and oxygen atoms in total. The summed E-state index contributed by atoms with van der Waals surface area (Å²) in [7, 11) is 0. The standard InChI is InChI=1S/C20H32O4/c1-11-8-14-13(18(14,3)4)6-7-19(5,23)10-15-16(21)12(2)9-20(15,24)17(11)22/h10-14,16,21,23-24H,6-9H2,1-5H3/b15-10+/t11-,12-,13-,14+,16+,19-,20-/m0/s1. The average molecular weight is 336 g/mol. The lowest BCUT2D eigenvalue weighted by Gasteiger charge is -2.30. The average Bonchev–Trinajstić information content (AvgIpc) is 2.91. The fraction of sp³-hybridized carbons (Fsp3) is 0.850. The molecular formula is C20H32O4. The summed E-state index contributed by atoms with van der Waals surface area (Å²) in [5.41, 5.74) is -2.25. The molecule has 2 fully saturated rings. The normalized spacial score (nSPS) is 53.4. The van der Waals surface area contributed by atoms with Crippen LogP contribution in [-0.4, -0.2) is 38.4 Å². The molecule has 0 spiro atoms. The third kappa shape index (κ3) is 2.67. The zero-order chi connectivity index (χ0) is 18.1. The van der Waals surface area contributed by atoms with E-state index in [-0.39, 0.29) is 29.5 Å². The van der Waals surface area contributed by atoms with E-state index in [0.29, 0.717) is 23.8 Å². The van der Waals surface area contributed by atoms with Crippen LogP contribution in [0.2, 0.25) is 0 Å². The fourth-order valence-electron chi connectivity index (χ4n) is 5.34. The second-order valence-corrected chi connectivity index (χ2v) is 9.52. The molecule has 0 aliphatic heterocycles. The van der Waals surface area contributed by atoms with Gasteiger partial charge in [0.2, 0.25) is 0 Å². The Morgan fingerprint density at radius 1 is 1.12 bits per heavy atom. The van der Waals surface area contributed by atoms with E-state index in [1.165, 1.54) is 0 Å². The second kappa shape index (κ2) is 5.39. The lowest BCUT2D eigenvalue weighted by Crippen LogP contribution is -2.43. The number of rotatable bonds is 0. The van der Waals surface area contributed by atoms with E-state index >= 15 is 0 Å². The van der Waals surface area contributed by atoms with Crippen LogP contribution in [0.25, 0.3) is 0 Å². The van der Waals surface area contributed by atoms with Gasteiger partial charge in [0, 0.05) is 5.92 Å². The van der Waals surface area contributed by atoms with Crippen molar-refractivity contribution >= 4 is 5.78 Å². The summed E-state index contributed by atoms with van der Waals surface area (Å²) in [4.78, 5) is 13.1. The Kier molecular flexibility index (Phi) is 4.06. The van der Waals surface area contributed by atoms with Crippen LogP contribution in [0, 0.1) is 29.1 Å². The lowest BCUT2D eigenvalue weighted by atomic mass is 9.80. The summed E-state index contributed by atoms with van der Waals surface area (Å²) >= 11 is 0. The Hall–Kier alpha value is -0.710. The monoisotopic (exact) mass is 336 g/mol. The van der Waals surface area contributed by atoms with Crippen molar-refractivity contribution in [3.05, 3.63) is 11.6 Å². The first-order chi connectivity index (χ1) is 10.9. The van der Waals surface area contributed by atoms with Crippen LogP contribution in [0.4, 0.5) is 0 Å². The highest BCUT2D eigenvalue weighted by atomic mass is 16.3. The third-order valence-electron chi connectivity index (χ3n) is 7.13. The van der Waals surface area contributed by atoms with E-state index in [1.807, 2.05) is 13.8 Å².